The van der Waals surface area contributed by atoms with E-state index in [0.717, 1.165) is 6.54 Å². The van der Waals surface area contributed by atoms with Gasteiger partial charge in [-0.1, -0.05) is 37.6 Å². The molecule has 0 amide bonds. The highest BCUT2D eigenvalue weighted by Crippen LogP contribution is 2.02. The molecule has 2 heteroatoms. The van der Waals surface area contributed by atoms with Crippen LogP contribution in [0, 0.1) is 13.8 Å². The third-order valence-electron chi connectivity index (χ3n) is 1.98. The Kier molecular flexibility index (Phi) is 12.0. The van der Waals surface area contributed by atoms with Gasteiger partial charge in [-0.2, -0.15) is 0 Å². The molecule has 0 unspecified atom stereocenters. The zero-order valence-corrected chi connectivity index (χ0v) is 10.2. The fourth-order valence-corrected chi connectivity index (χ4v) is 0.867. The zero-order chi connectivity index (χ0) is 10.1. The Morgan fingerprint density at radius 3 is 1.64 bits per heavy atom. The first-order valence-electron chi connectivity index (χ1n) is 4.94. The quantitative estimate of drug-likeness (QED) is 0.804. The van der Waals surface area contributed by atoms with E-state index in [4.69, 9.17) is 5.73 Å². The number of benzene rings is 1. The van der Waals surface area contributed by atoms with Gasteiger partial charge in [-0.25, -0.2) is 0 Å². The highest BCUT2D eigenvalue weighted by atomic mass is 35.5. The largest absolute Gasteiger partial charge is 0.330 e. The second kappa shape index (κ2) is 10.6. The molecule has 1 aromatic rings. The molecule has 0 atom stereocenters. The van der Waals surface area contributed by atoms with Crippen LogP contribution in [0.2, 0.25) is 0 Å². The molecule has 1 rings (SSSR count). The molecule has 0 spiro atoms. The predicted octanol–water partition coefficient (Wildman–Crippen LogP) is 3.47. The summed E-state index contributed by atoms with van der Waals surface area (Å²) in [6.07, 6.45) is 2.39. The number of unbranched alkanes of at least 4 members (excludes halogenated alkanes) is 1. The standard InChI is InChI=1S/C8H10.C4H11N.ClH/c1-7-5-3-4-6-8(7)2;1-2-3-4-5;/h3-6H,1-2H3;2-5H2,1H3;1H. The molecule has 1 aromatic carbocycles. The lowest BCUT2D eigenvalue weighted by Crippen LogP contribution is -1.95. The van der Waals surface area contributed by atoms with Crippen LogP contribution in [-0.2, 0) is 0 Å². The van der Waals surface area contributed by atoms with E-state index in [1.54, 1.807) is 0 Å². The molecule has 0 radical (unpaired) electrons. The van der Waals surface area contributed by atoms with Crippen molar-refractivity contribution < 1.29 is 0 Å². The van der Waals surface area contributed by atoms with Crippen molar-refractivity contribution in [3.8, 4) is 0 Å². The molecule has 0 bridgehead atoms. The number of halogens is 1. The van der Waals surface area contributed by atoms with Crippen LogP contribution in [0.5, 0.6) is 0 Å². The van der Waals surface area contributed by atoms with Crippen molar-refractivity contribution in [2.45, 2.75) is 33.6 Å². The first-order chi connectivity index (χ1) is 6.22. The Morgan fingerprint density at radius 2 is 1.50 bits per heavy atom. The summed E-state index contributed by atoms with van der Waals surface area (Å²) in [6, 6.07) is 8.36. The van der Waals surface area contributed by atoms with E-state index < -0.39 is 0 Å². The van der Waals surface area contributed by atoms with Crippen molar-refractivity contribution in [1.82, 2.24) is 0 Å². The van der Waals surface area contributed by atoms with E-state index in [1.807, 2.05) is 0 Å². The summed E-state index contributed by atoms with van der Waals surface area (Å²) in [7, 11) is 0. The minimum absolute atomic E-state index is 0. The van der Waals surface area contributed by atoms with Crippen LogP contribution in [0.4, 0.5) is 0 Å². The Hall–Kier alpha value is -0.530. The third kappa shape index (κ3) is 8.09. The van der Waals surface area contributed by atoms with E-state index >= 15 is 0 Å². The van der Waals surface area contributed by atoms with Gasteiger partial charge in [-0.15, -0.1) is 12.4 Å². The SMILES string of the molecule is CCCCN.Cc1ccccc1C.Cl. The molecule has 0 aromatic heterocycles. The van der Waals surface area contributed by atoms with Crippen molar-refractivity contribution >= 4 is 12.4 Å². The Balaban J connectivity index is 0. The number of hydrogen-bond acceptors (Lipinski definition) is 1. The zero-order valence-electron chi connectivity index (χ0n) is 9.42. The van der Waals surface area contributed by atoms with Crippen molar-refractivity contribution in [2.24, 2.45) is 5.73 Å². The number of aryl methyl sites for hydroxylation is 2. The minimum Gasteiger partial charge on any atom is -0.330 e. The van der Waals surface area contributed by atoms with E-state index in [0.29, 0.717) is 0 Å². The van der Waals surface area contributed by atoms with Crippen molar-refractivity contribution in [1.29, 1.82) is 0 Å². The molecule has 0 saturated heterocycles. The third-order valence-corrected chi connectivity index (χ3v) is 1.98. The first-order valence-corrected chi connectivity index (χ1v) is 4.94. The molecule has 0 aliphatic rings. The molecule has 14 heavy (non-hydrogen) atoms. The fraction of sp³-hybridized carbons (Fsp3) is 0.500. The molecule has 0 saturated carbocycles. The topological polar surface area (TPSA) is 26.0 Å². The van der Waals surface area contributed by atoms with Crippen LogP contribution < -0.4 is 5.73 Å². The summed E-state index contributed by atoms with van der Waals surface area (Å²) in [5.41, 5.74) is 7.88. The molecule has 2 N–H and O–H groups in total. The van der Waals surface area contributed by atoms with Gasteiger partial charge >= 0.3 is 0 Å². The van der Waals surface area contributed by atoms with E-state index in [2.05, 4.69) is 45.0 Å². The average molecular weight is 216 g/mol. The second-order valence-electron chi connectivity index (χ2n) is 3.23. The van der Waals surface area contributed by atoms with Gasteiger partial charge in [0.2, 0.25) is 0 Å². The lowest BCUT2D eigenvalue weighted by Gasteiger charge is -1.93. The van der Waals surface area contributed by atoms with Gasteiger partial charge in [0.25, 0.3) is 0 Å². The molecule has 0 aliphatic heterocycles. The monoisotopic (exact) mass is 215 g/mol. The number of rotatable bonds is 2. The number of nitrogens with two attached hydrogens (primary N) is 1. The van der Waals surface area contributed by atoms with Gasteiger partial charge in [0.05, 0.1) is 0 Å². The van der Waals surface area contributed by atoms with Crippen LogP contribution >= 0.6 is 12.4 Å². The highest BCUT2D eigenvalue weighted by Gasteiger charge is 1.83. The van der Waals surface area contributed by atoms with Gasteiger partial charge < -0.3 is 5.73 Å². The Labute approximate surface area is 94.1 Å². The normalized spacial score (nSPS) is 8.29. The lowest BCUT2D eigenvalue weighted by atomic mass is 10.1. The van der Waals surface area contributed by atoms with Crippen LogP contribution in [0.15, 0.2) is 24.3 Å². The second-order valence-corrected chi connectivity index (χ2v) is 3.23. The molecule has 82 valence electrons. The summed E-state index contributed by atoms with van der Waals surface area (Å²) < 4.78 is 0. The smallest absolute Gasteiger partial charge is 0.00774 e. The molecule has 0 heterocycles. The van der Waals surface area contributed by atoms with Gasteiger partial charge in [0, 0.05) is 0 Å². The van der Waals surface area contributed by atoms with E-state index in [-0.39, 0.29) is 12.4 Å². The van der Waals surface area contributed by atoms with Crippen molar-refractivity contribution in [3.05, 3.63) is 35.4 Å². The van der Waals surface area contributed by atoms with E-state index in [9.17, 15) is 0 Å². The Morgan fingerprint density at radius 1 is 1.07 bits per heavy atom. The predicted molar refractivity (Wildman–Crippen MR) is 67.1 cm³/mol. The summed E-state index contributed by atoms with van der Waals surface area (Å²) >= 11 is 0. The maximum Gasteiger partial charge on any atom is -0.00774 e. The van der Waals surface area contributed by atoms with Crippen molar-refractivity contribution in [2.75, 3.05) is 6.54 Å². The lowest BCUT2D eigenvalue weighted by molar-refractivity contribution is 0.807. The summed E-state index contributed by atoms with van der Waals surface area (Å²) in [5, 5.41) is 0. The summed E-state index contributed by atoms with van der Waals surface area (Å²) in [6.45, 7) is 7.22. The molecule has 1 nitrogen and oxygen atoms in total. The number of hydrogen-bond donors (Lipinski definition) is 1. The van der Waals surface area contributed by atoms with Crippen LogP contribution in [0.3, 0.4) is 0 Å². The van der Waals surface area contributed by atoms with Gasteiger partial charge in [-0.3, -0.25) is 0 Å². The van der Waals surface area contributed by atoms with Gasteiger partial charge in [-0.05, 0) is 37.9 Å². The molecular weight excluding hydrogens is 194 g/mol. The van der Waals surface area contributed by atoms with Gasteiger partial charge in [0.1, 0.15) is 0 Å². The van der Waals surface area contributed by atoms with Crippen LogP contribution in [0.25, 0.3) is 0 Å². The molecular formula is C12H22ClN. The molecule has 0 fully saturated rings. The highest BCUT2D eigenvalue weighted by molar-refractivity contribution is 5.85. The Bertz CT molecular complexity index is 200. The average Bonchev–Trinajstić information content (AvgIpc) is 2.13. The maximum atomic E-state index is 5.14. The minimum atomic E-state index is 0. The van der Waals surface area contributed by atoms with Crippen molar-refractivity contribution in [3.63, 3.8) is 0 Å². The van der Waals surface area contributed by atoms with E-state index in [1.165, 1.54) is 24.0 Å². The summed E-state index contributed by atoms with van der Waals surface area (Å²) in [5.74, 6) is 0. The molecule has 0 aliphatic carbocycles. The van der Waals surface area contributed by atoms with Crippen LogP contribution in [0.1, 0.15) is 30.9 Å². The van der Waals surface area contributed by atoms with Gasteiger partial charge in [0.15, 0.2) is 0 Å². The fourth-order valence-electron chi connectivity index (χ4n) is 0.867. The van der Waals surface area contributed by atoms with Crippen LogP contribution in [-0.4, -0.2) is 6.54 Å². The first kappa shape index (κ1) is 15.9. The maximum absolute atomic E-state index is 5.14. The summed E-state index contributed by atoms with van der Waals surface area (Å²) in [4.78, 5) is 0.